The van der Waals surface area contributed by atoms with E-state index in [9.17, 15) is 4.39 Å². The number of aryl methyl sites for hydroxylation is 3. The summed E-state index contributed by atoms with van der Waals surface area (Å²) in [6.07, 6.45) is 8.89. The Morgan fingerprint density at radius 3 is 1.89 bits per heavy atom. The molecule has 0 saturated carbocycles. The molecule has 0 N–H and O–H groups in total. The van der Waals surface area contributed by atoms with Gasteiger partial charge in [-0.1, -0.05) is 123 Å². The van der Waals surface area contributed by atoms with Crippen LogP contribution in [0.25, 0.3) is 12.2 Å². The minimum absolute atomic E-state index is 0.149. The fraction of sp³-hybridized carbons (Fsp3) is 0.235. The van der Waals surface area contributed by atoms with Crippen molar-refractivity contribution in [3.05, 3.63) is 142 Å². The maximum atomic E-state index is 14.3. The summed E-state index contributed by atoms with van der Waals surface area (Å²) in [4.78, 5) is 0. The summed E-state index contributed by atoms with van der Waals surface area (Å²) in [5.74, 6) is 0.371. The fourth-order valence-corrected chi connectivity index (χ4v) is 4.52. The van der Waals surface area contributed by atoms with E-state index in [0.29, 0.717) is 11.5 Å². The van der Waals surface area contributed by atoms with Gasteiger partial charge in [-0.25, -0.2) is 4.39 Å². The number of halogens is 1. The third-order valence-electron chi connectivity index (χ3n) is 6.67. The molecule has 35 heavy (non-hydrogen) atoms. The lowest BCUT2D eigenvalue weighted by Crippen LogP contribution is -1.99. The lowest BCUT2D eigenvalue weighted by molar-refractivity contribution is 0.622. The van der Waals surface area contributed by atoms with E-state index in [-0.39, 0.29) is 5.82 Å². The van der Waals surface area contributed by atoms with Crippen LogP contribution in [-0.4, -0.2) is 0 Å². The highest BCUT2D eigenvalue weighted by Crippen LogP contribution is 2.21. The van der Waals surface area contributed by atoms with Crippen molar-refractivity contribution in [1.29, 1.82) is 0 Å². The van der Waals surface area contributed by atoms with E-state index >= 15 is 0 Å². The summed E-state index contributed by atoms with van der Waals surface area (Å²) < 4.78 is 14.3. The van der Waals surface area contributed by atoms with E-state index in [1.165, 1.54) is 22.3 Å². The normalized spacial score (nSPS) is 12.2. The Morgan fingerprint density at radius 2 is 1.26 bits per heavy atom. The zero-order chi connectivity index (χ0) is 24.5. The molecule has 0 radical (unpaired) electrons. The Balaban J connectivity index is 1.28. The second-order valence-corrected chi connectivity index (χ2v) is 9.51. The van der Waals surface area contributed by atoms with Gasteiger partial charge in [-0.15, -0.1) is 0 Å². The van der Waals surface area contributed by atoms with Crippen LogP contribution in [0.15, 0.2) is 97.1 Å². The van der Waals surface area contributed by atoms with E-state index in [1.807, 2.05) is 24.3 Å². The van der Waals surface area contributed by atoms with Gasteiger partial charge in [0.1, 0.15) is 5.82 Å². The lowest BCUT2D eigenvalue weighted by atomic mass is 9.93. The predicted octanol–water partition coefficient (Wildman–Crippen LogP) is 9.08. The third kappa shape index (κ3) is 7.26. The van der Waals surface area contributed by atoms with Crippen LogP contribution in [-0.2, 0) is 25.7 Å². The standard InChI is InChI=1S/C34H35F/c1-3-7-30-21-23-33(34(35)25-30)22-20-29-14-12-27(13-15-29)10-11-28-16-18-31(19-17-28)24-26(2)32-8-5-4-6-9-32/h4-6,8-9,12-23,25-26H,3,7,10-11,24H2,1-2H3/b22-20+. The summed E-state index contributed by atoms with van der Waals surface area (Å²) in [6.45, 7) is 4.40. The van der Waals surface area contributed by atoms with Crippen LogP contribution in [0.2, 0.25) is 0 Å². The topological polar surface area (TPSA) is 0 Å². The van der Waals surface area contributed by atoms with Crippen molar-refractivity contribution in [2.45, 2.75) is 51.9 Å². The highest BCUT2D eigenvalue weighted by molar-refractivity contribution is 5.70. The van der Waals surface area contributed by atoms with Gasteiger partial charge in [-0.2, -0.15) is 0 Å². The van der Waals surface area contributed by atoms with Gasteiger partial charge in [0.05, 0.1) is 0 Å². The van der Waals surface area contributed by atoms with E-state index in [1.54, 1.807) is 6.07 Å². The van der Waals surface area contributed by atoms with Gasteiger partial charge < -0.3 is 0 Å². The fourth-order valence-electron chi connectivity index (χ4n) is 4.52. The second kappa shape index (κ2) is 12.3. The van der Waals surface area contributed by atoms with Crippen LogP contribution in [0.1, 0.15) is 65.1 Å². The van der Waals surface area contributed by atoms with E-state index < -0.39 is 0 Å². The SMILES string of the molecule is CCCc1ccc(/C=C/c2ccc(CCc3ccc(CC(C)c4ccccc4)cc3)cc2)c(F)c1. The average Bonchev–Trinajstić information content (AvgIpc) is 2.89. The first-order chi connectivity index (χ1) is 17.1. The molecular weight excluding hydrogens is 427 g/mol. The molecule has 0 aliphatic carbocycles. The Kier molecular flexibility index (Phi) is 8.68. The molecule has 0 nitrogen and oxygen atoms in total. The quantitative estimate of drug-likeness (QED) is 0.206. The Morgan fingerprint density at radius 1 is 0.657 bits per heavy atom. The van der Waals surface area contributed by atoms with Gasteiger partial charge >= 0.3 is 0 Å². The highest BCUT2D eigenvalue weighted by atomic mass is 19.1. The molecule has 0 aromatic heterocycles. The maximum absolute atomic E-state index is 14.3. The maximum Gasteiger partial charge on any atom is 0.130 e. The molecule has 0 amide bonds. The molecule has 1 heteroatoms. The van der Waals surface area contributed by atoms with Crippen molar-refractivity contribution >= 4 is 12.2 Å². The van der Waals surface area contributed by atoms with Gasteiger partial charge in [0.25, 0.3) is 0 Å². The Bertz CT molecular complexity index is 1220. The average molecular weight is 463 g/mol. The van der Waals surface area contributed by atoms with Crippen molar-refractivity contribution < 1.29 is 4.39 Å². The van der Waals surface area contributed by atoms with E-state index in [4.69, 9.17) is 0 Å². The highest BCUT2D eigenvalue weighted by Gasteiger charge is 2.06. The molecule has 1 atom stereocenters. The molecule has 178 valence electrons. The minimum atomic E-state index is -0.149. The van der Waals surface area contributed by atoms with Crippen LogP contribution in [0, 0.1) is 5.82 Å². The largest absolute Gasteiger partial charge is 0.206 e. The number of hydrogen-bond acceptors (Lipinski definition) is 0. The molecule has 1 unspecified atom stereocenters. The van der Waals surface area contributed by atoms with Crippen LogP contribution in [0.4, 0.5) is 4.39 Å². The van der Waals surface area contributed by atoms with Gasteiger partial charge in [0, 0.05) is 5.56 Å². The number of rotatable bonds is 10. The predicted molar refractivity (Wildman–Crippen MR) is 148 cm³/mol. The van der Waals surface area contributed by atoms with Crippen molar-refractivity contribution in [1.82, 2.24) is 0 Å². The third-order valence-corrected chi connectivity index (χ3v) is 6.67. The smallest absolute Gasteiger partial charge is 0.130 e. The molecule has 4 aromatic rings. The summed E-state index contributed by atoms with van der Waals surface area (Å²) in [6, 6.07) is 33.9. The number of hydrogen-bond donors (Lipinski definition) is 0. The molecule has 0 spiro atoms. The first-order valence-electron chi connectivity index (χ1n) is 12.8. The molecule has 0 heterocycles. The molecule has 4 aromatic carbocycles. The van der Waals surface area contributed by atoms with Crippen molar-refractivity contribution in [3.8, 4) is 0 Å². The minimum Gasteiger partial charge on any atom is -0.206 e. The zero-order valence-corrected chi connectivity index (χ0v) is 20.9. The van der Waals surface area contributed by atoms with E-state index in [2.05, 4.69) is 92.7 Å². The summed E-state index contributed by atoms with van der Waals surface area (Å²) in [5, 5.41) is 0. The van der Waals surface area contributed by atoms with Crippen LogP contribution >= 0.6 is 0 Å². The zero-order valence-electron chi connectivity index (χ0n) is 20.9. The second-order valence-electron chi connectivity index (χ2n) is 9.51. The molecule has 0 saturated heterocycles. The molecule has 0 aliphatic rings. The van der Waals surface area contributed by atoms with Crippen LogP contribution in [0.5, 0.6) is 0 Å². The summed E-state index contributed by atoms with van der Waals surface area (Å²) in [7, 11) is 0. The molecule has 4 rings (SSSR count). The van der Waals surface area contributed by atoms with Gasteiger partial charge in [0.15, 0.2) is 0 Å². The molecule has 0 bridgehead atoms. The summed E-state index contributed by atoms with van der Waals surface area (Å²) >= 11 is 0. The first kappa shape index (κ1) is 24.7. The van der Waals surface area contributed by atoms with Crippen LogP contribution in [0.3, 0.4) is 0 Å². The molecular formula is C34H35F. The van der Waals surface area contributed by atoms with Gasteiger partial charge in [-0.05, 0) is 71.0 Å². The molecule has 0 fully saturated rings. The number of benzene rings is 4. The Hall–Kier alpha value is -3.45. The monoisotopic (exact) mass is 462 g/mol. The van der Waals surface area contributed by atoms with Gasteiger partial charge in [-0.3, -0.25) is 0 Å². The first-order valence-corrected chi connectivity index (χ1v) is 12.8. The van der Waals surface area contributed by atoms with Crippen molar-refractivity contribution in [2.24, 2.45) is 0 Å². The summed E-state index contributed by atoms with van der Waals surface area (Å²) in [5.41, 5.74) is 8.25. The lowest BCUT2D eigenvalue weighted by Gasteiger charge is -2.12. The van der Waals surface area contributed by atoms with Gasteiger partial charge in [0.2, 0.25) is 0 Å². The van der Waals surface area contributed by atoms with E-state index in [0.717, 1.165) is 43.2 Å². The van der Waals surface area contributed by atoms with Crippen molar-refractivity contribution in [3.63, 3.8) is 0 Å². The van der Waals surface area contributed by atoms with Crippen molar-refractivity contribution in [2.75, 3.05) is 0 Å². The Labute approximate surface area is 210 Å². The molecule has 0 aliphatic heterocycles. The van der Waals surface area contributed by atoms with Crippen LogP contribution < -0.4 is 0 Å².